The number of benzene rings is 2. The van der Waals surface area contributed by atoms with Crippen molar-refractivity contribution < 1.29 is 9.47 Å². The highest BCUT2D eigenvalue weighted by Crippen LogP contribution is 2.36. The molecule has 3 rings (SSSR count). The van der Waals surface area contributed by atoms with E-state index in [1.54, 1.807) is 25.3 Å². The van der Waals surface area contributed by atoms with Crippen LogP contribution < -0.4 is 14.8 Å². The van der Waals surface area contributed by atoms with Crippen molar-refractivity contribution in [1.82, 2.24) is 9.97 Å². The van der Waals surface area contributed by atoms with Crippen LogP contribution in [-0.2, 0) is 6.54 Å². The lowest BCUT2D eigenvalue weighted by Crippen LogP contribution is -2.07. The van der Waals surface area contributed by atoms with Gasteiger partial charge in [0.2, 0.25) is 0 Å². The van der Waals surface area contributed by atoms with Crippen LogP contribution in [0.1, 0.15) is 17.1 Å². The molecule has 2 aromatic carbocycles. The zero-order valence-corrected chi connectivity index (χ0v) is 16.7. The molecular weight excluding hydrogens is 385 g/mol. The molecule has 0 atom stereocenters. The zero-order chi connectivity index (χ0) is 19.4. The molecule has 0 aliphatic carbocycles. The number of hydrogen-bond acceptors (Lipinski definition) is 5. The van der Waals surface area contributed by atoms with Gasteiger partial charge in [0, 0.05) is 11.6 Å². The minimum Gasteiger partial charge on any atom is -0.497 e. The first kappa shape index (κ1) is 19.3. The normalized spacial score (nSPS) is 10.6. The number of rotatable bonds is 6. The highest BCUT2D eigenvalue weighted by Gasteiger charge is 2.15. The van der Waals surface area contributed by atoms with Gasteiger partial charge in [0.15, 0.2) is 11.6 Å². The predicted molar refractivity (Wildman–Crippen MR) is 108 cm³/mol. The monoisotopic (exact) mass is 403 g/mol. The van der Waals surface area contributed by atoms with Gasteiger partial charge in [0.25, 0.3) is 0 Å². The summed E-state index contributed by atoms with van der Waals surface area (Å²) in [6.07, 6.45) is 0. The van der Waals surface area contributed by atoms with Gasteiger partial charge in [-0.2, -0.15) is 0 Å². The van der Waals surface area contributed by atoms with Crippen molar-refractivity contribution in [1.29, 1.82) is 0 Å². The first-order chi connectivity index (χ1) is 13.0. The van der Waals surface area contributed by atoms with E-state index in [1.807, 2.05) is 38.1 Å². The average molecular weight is 404 g/mol. The van der Waals surface area contributed by atoms with Crippen molar-refractivity contribution in [2.45, 2.75) is 20.4 Å². The predicted octanol–water partition coefficient (Wildman–Crippen LogP) is 5.81. The lowest BCUT2D eigenvalue weighted by atomic mass is 10.2. The second kappa shape index (κ2) is 8.46. The van der Waals surface area contributed by atoms with Crippen molar-refractivity contribution >= 4 is 29.0 Å². The van der Waals surface area contributed by atoms with Crippen molar-refractivity contribution in [3.63, 3.8) is 0 Å². The Morgan fingerprint density at radius 1 is 1.00 bits per heavy atom. The smallest absolute Gasteiger partial charge is 0.190 e. The zero-order valence-electron chi connectivity index (χ0n) is 15.2. The van der Waals surface area contributed by atoms with Crippen LogP contribution in [0.25, 0.3) is 0 Å². The van der Waals surface area contributed by atoms with Crippen LogP contribution in [0, 0.1) is 13.8 Å². The van der Waals surface area contributed by atoms with Crippen LogP contribution in [0.2, 0.25) is 10.0 Å². The standard InChI is InChI=1S/C20H19Cl2N3O2/c1-12-19(27-18-9-6-15(21)10-17(18)22)20(25-13(2)24-12)23-11-14-4-7-16(26-3)8-5-14/h4-10H,11H2,1-3H3,(H,23,24,25). The van der Waals surface area contributed by atoms with Crippen molar-refractivity contribution in [3.05, 3.63) is 69.6 Å². The highest BCUT2D eigenvalue weighted by molar-refractivity contribution is 6.35. The second-order valence-corrected chi connectivity index (χ2v) is 6.76. The molecule has 0 bridgehead atoms. The van der Waals surface area contributed by atoms with Gasteiger partial charge in [-0.15, -0.1) is 0 Å². The van der Waals surface area contributed by atoms with Gasteiger partial charge in [-0.25, -0.2) is 9.97 Å². The quantitative estimate of drug-likeness (QED) is 0.562. The molecular formula is C20H19Cl2N3O2. The number of methoxy groups -OCH3 is 1. The summed E-state index contributed by atoms with van der Waals surface area (Å²) in [7, 11) is 1.64. The van der Waals surface area contributed by atoms with E-state index in [0.29, 0.717) is 45.4 Å². The third-order valence-corrected chi connectivity index (χ3v) is 4.40. The first-order valence-electron chi connectivity index (χ1n) is 8.31. The number of nitrogens with one attached hydrogen (secondary N) is 1. The average Bonchev–Trinajstić information content (AvgIpc) is 2.64. The first-order valence-corrected chi connectivity index (χ1v) is 9.07. The Bertz CT molecular complexity index is 947. The number of hydrogen-bond donors (Lipinski definition) is 1. The maximum atomic E-state index is 6.23. The SMILES string of the molecule is COc1ccc(CNc2nc(C)nc(C)c2Oc2ccc(Cl)cc2Cl)cc1. The minimum absolute atomic E-state index is 0.420. The van der Waals surface area contributed by atoms with Gasteiger partial charge in [-0.1, -0.05) is 35.3 Å². The van der Waals surface area contributed by atoms with Crippen LogP contribution >= 0.6 is 23.2 Å². The Kier molecular flexibility index (Phi) is 6.04. The van der Waals surface area contributed by atoms with Crippen molar-refractivity contribution in [2.24, 2.45) is 0 Å². The number of aryl methyl sites for hydroxylation is 2. The number of aromatic nitrogens is 2. The van der Waals surface area contributed by atoms with E-state index in [-0.39, 0.29) is 0 Å². The third kappa shape index (κ3) is 4.81. The Hall–Kier alpha value is -2.50. The molecule has 5 nitrogen and oxygen atoms in total. The summed E-state index contributed by atoms with van der Waals surface area (Å²) in [6, 6.07) is 12.9. The van der Waals surface area contributed by atoms with Gasteiger partial charge < -0.3 is 14.8 Å². The van der Waals surface area contributed by atoms with Crippen LogP contribution in [0.3, 0.4) is 0 Å². The molecule has 0 aliphatic heterocycles. The maximum Gasteiger partial charge on any atom is 0.190 e. The third-order valence-electron chi connectivity index (χ3n) is 3.87. The molecule has 1 N–H and O–H groups in total. The van der Waals surface area contributed by atoms with Gasteiger partial charge in [-0.05, 0) is 49.7 Å². The number of halogens is 2. The summed E-state index contributed by atoms with van der Waals surface area (Å²) in [4.78, 5) is 8.88. The second-order valence-electron chi connectivity index (χ2n) is 5.91. The fourth-order valence-corrected chi connectivity index (χ4v) is 2.99. The number of anilines is 1. The van der Waals surface area contributed by atoms with E-state index >= 15 is 0 Å². The number of ether oxygens (including phenoxy) is 2. The molecule has 0 amide bonds. The summed E-state index contributed by atoms with van der Waals surface area (Å²) >= 11 is 12.2. The van der Waals surface area contributed by atoms with Crippen molar-refractivity contribution in [2.75, 3.05) is 12.4 Å². The summed E-state index contributed by atoms with van der Waals surface area (Å²) in [6.45, 7) is 4.28. The molecule has 7 heteroatoms. The summed E-state index contributed by atoms with van der Waals surface area (Å²) in [5.41, 5.74) is 1.80. The van der Waals surface area contributed by atoms with Gasteiger partial charge in [-0.3, -0.25) is 0 Å². The van der Waals surface area contributed by atoms with Gasteiger partial charge in [0.05, 0.1) is 17.8 Å². The maximum absolute atomic E-state index is 6.23. The molecule has 27 heavy (non-hydrogen) atoms. The molecule has 0 radical (unpaired) electrons. The van der Waals surface area contributed by atoms with Crippen LogP contribution in [0.5, 0.6) is 17.2 Å². The molecule has 0 aliphatic rings. The Morgan fingerprint density at radius 2 is 1.74 bits per heavy atom. The molecule has 0 saturated heterocycles. The van der Waals surface area contributed by atoms with E-state index < -0.39 is 0 Å². The Balaban J connectivity index is 1.85. The summed E-state index contributed by atoms with van der Waals surface area (Å²) in [5.74, 6) is 3.08. The van der Waals surface area contributed by atoms with Crippen LogP contribution in [0.4, 0.5) is 5.82 Å². The molecule has 140 valence electrons. The summed E-state index contributed by atoms with van der Waals surface area (Å²) < 4.78 is 11.2. The molecule has 0 fully saturated rings. The minimum atomic E-state index is 0.420. The molecule has 1 aromatic heterocycles. The van der Waals surface area contributed by atoms with Crippen LogP contribution in [0.15, 0.2) is 42.5 Å². The number of nitrogens with zero attached hydrogens (tertiary/aromatic N) is 2. The largest absolute Gasteiger partial charge is 0.497 e. The molecule has 0 unspecified atom stereocenters. The Labute approximate surface area is 168 Å². The fourth-order valence-electron chi connectivity index (χ4n) is 2.54. The molecule has 0 saturated carbocycles. The van der Waals surface area contributed by atoms with E-state index in [9.17, 15) is 0 Å². The highest BCUT2D eigenvalue weighted by atomic mass is 35.5. The van der Waals surface area contributed by atoms with E-state index in [4.69, 9.17) is 32.7 Å². The Morgan fingerprint density at radius 3 is 2.41 bits per heavy atom. The molecule has 3 aromatic rings. The van der Waals surface area contributed by atoms with E-state index in [2.05, 4.69) is 15.3 Å². The van der Waals surface area contributed by atoms with Crippen molar-refractivity contribution in [3.8, 4) is 17.2 Å². The van der Waals surface area contributed by atoms with Gasteiger partial charge in [0.1, 0.15) is 17.3 Å². The topological polar surface area (TPSA) is 56.3 Å². The lowest BCUT2D eigenvalue weighted by Gasteiger charge is -2.15. The fraction of sp³-hybridized carbons (Fsp3) is 0.200. The summed E-state index contributed by atoms with van der Waals surface area (Å²) in [5, 5.41) is 4.28. The van der Waals surface area contributed by atoms with Gasteiger partial charge >= 0.3 is 0 Å². The van der Waals surface area contributed by atoms with E-state index in [1.165, 1.54) is 0 Å². The van der Waals surface area contributed by atoms with E-state index in [0.717, 1.165) is 11.3 Å². The molecule has 0 spiro atoms. The van der Waals surface area contributed by atoms with Crippen LogP contribution in [-0.4, -0.2) is 17.1 Å². The molecule has 1 heterocycles. The lowest BCUT2D eigenvalue weighted by molar-refractivity contribution is 0.414.